The van der Waals surface area contributed by atoms with Crippen molar-refractivity contribution in [1.29, 1.82) is 5.26 Å². The largest absolute Gasteiger partial charge is 0.307 e. The summed E-state index contributed by atoms with van der Waals surface area (Å²) in [5, 5.41) is 11.5. The number of benzene rings is 1. The number of rotatable bonds is 3. The molecule has 98 valence electrons. The Morgan fingerprint density at radius 2 is 2.10 bits per heavy atom. The fourth-order valence-corrected chi connectivity index (χ4v) is 1.66. The number of amides is 1. The molecule has 1 amide bonds. The molecule has 4 heteroatoms. The maximum atomic E-state index is 11.7. The van der Waals surface area contributed by atoms with Gasteiger partial charge in [0.2, 0.25) is 5.91 Å². The van der Waals surface area contributed by atoms with E-state index in [1.165, 1.54) is 6.08 Å². The van der Waals surface area contributed by atoms with Gasteiger partial charge in [-0.05, 0) is 42.8 Å². The molecule has 4 nitrogen and oxygen atoms in total. The van der Waals surface area contributed by atoms with Crippen LogP contribution in [0.25, 0.3) is 6.08 Å². The molecule has 0 fully saturated rings. The van der Waals surface area contributed by atoms with Gasteiger partial charge in [0.25, 0.3) is 0 Å². The Morgan fingerprint density at radius 1 is 1.30 bits per heavy atom. The van der Waals surface area contributed by atoms with Crippen LogP contribution >= 0.6 is 0 Å². The molecule has 0 aliphatic heterocycles. The first-order valence-electron chi connectivity index (χ1n) is 6.10. The number of aryl methyl sites for hydroxylation is 1. The Hall–Kier alpha value is -2.93. The molecule has 1 aromatic heterocycles. The van der Waals surface area contributed by atoms with Crippen LogP contribution in [-0.4, -0.2) is 10.9 Å². The van der Waals surface area contributed by atoms with Gasteiger partial charge in [-0.1, -0.05) is 18.2 Å². The Bertz CT molecular complexity index is 699. The second kappa shape index (κ2) is 6.30. The Labute approximate surface area is 117 Å². The molecule has 1 aromatic carbocycles. The maximum Gasteiger partial charge on any atom is 0.249 e. The van der Waals surface area contributed by atoms with Gasteiger partial charge in [-0.25, -0.2) is 4.98 Å². The van der Waals surface area contributed by atoms with Crippen molar-refractivity contribution in [2.45, 2.75) is 6.92 Å². The molecule has 0 saturated heterocycles. The van der Waals surface area contributed by atoms with E-state index in [1.807, 2.05) is 25.1 Å². The minimum atomic E-state index is -0.259. The van der Waals surface area contributed by atoms with E-state index in [-0.39, 0.29) is 5.91 Å². The lowest BCUT2D eigenvalue weighted by atomic mass is 10.1. The summed E-state index contributed by atoms with van der Waals surface area (Å²) >= 11 is 0. The number of carbonyl (C=O) groups excluding carboxylic acids is 1. The number of pyridine rings is 1. The Kier molecular flexibility index (Phi) is 4.25. The van der Waals surface area contributed by atoms with Crippen molar-refractivity contribution >= 4 is 17.8 Å². The fourth-order valence-electron chi connectivity index (χ4n) is 1.66. The van der Waals surface area contributed by atoms with Gasteiger partial charge in [-0.15, -0.1) is 0 Å². The zero-order valence-corrected chi connectivity index (χ0v) is 11.0. The van der Waals surface area contributed by atoms with Crippen molar-refractivity contribution in [1.82, 2.24) is 4.98 Å². The molecule has 20 heavy (non-hydrogen) atoms. The highest BCUT2D eigenvalue weighted by Gasteiger charge is 1.99. The van der Waals surface area contributed by atoms with Crippen molar-refractivity contribution in [3.8, 4) is 6.07 Å². The monoisotopic (exact) mass is 263 g/mol. The minimum Gasteiger partial charge on any atom is -0.307 e. The lowest BCUT2D eigenvalue weighted by Crippen LogP contribution is -2.09. The van der Waals surface area contributed by atoms with Crippen molar-refractivity contribution in [3.63, 3.8) is 0 Å². The Balaban J connectivity index is 2.04. The summed E-state index contributed by atoms with van der Waals surface area (Å²) in [7, 11) is 0. The number of nitrogens with one attached hydrogen (secondary N) is 1. The van der Waals surface area contributed by atoms with Gasteiger partial charge in [-0.2, -0.15) is 5.26 Å². The average Bonchev–Trinajstić information content (AvgIpc) is 2.45. The summed E-state index contributed by atoms with van der Waals surface area (Å²) in [6.07, 6.45) is 3.08. The van der Waals surface area contributed by atoms with E-state index in [2.05, 4.69) is 16.4 Å². The quantitative estimate of drug-likeness (QED) is 0.866. The predicted octanol–water partition coefficient (Wildman–Crippen LogP) is 2.91. The molecule has 0 spiro atoms. The summed E-state index contributed by atoms with van der Waals surface area (Å²) in [6, 6.07) is 14.5. The van der Waals surface area contributed by atoms with Gasteiger partial charge in [-0.3, -0.25) is 4.79 Å². The molecular formula is C16H13N3O. The van der Waals surface area contributed by atoms with Crippen LogP contribution in [0.2, 0.25) is 0 Å². The van der Waals surface area contributed by atoms with E-state index < -0.39 is 0 Å². The fraction of sp³-hybridized carbons (Fsp3) is 0.0625. The van der Waals surface area contributed by atoms with E-state index >= 15 is 0 Å². The smallest absolute Gasteiger partial charge is 0.249 e. The zero-order chi connectivity index (χ0) is 14.4. The predicted molar refractivity (Wildman–Crippen MR) is 77.8 cm³/mol. The molecule has 0 bridgehead atoms. The van der Waals surface area contributed by atoms with Gasteiger partial charge in [0, 0.05) is 11.8 Å². The summed E-state index contributed by atoms with van der Waals surface area (Å²) in [4.78, 5) is 15.9. The third kappa shape index (κ3) is 3.79. The summed E-state index contributed by atoms with van der Waals surface area (Å²) in [6.45, 7) is 1.86. The molecule has 2 aromatic rings. The summed E-state index contributed by atoms with van der Waals surface area (Å²) in [5.41, 5.74) is 2.21. The van der Waals surface area contributed by atoms with Gasteiger partial charge >= 0.3 is 0 Å². The number of carbonyl (C=O) groups is 1. The van der Waals surface area contributed by atoms with E-state index in [4.69, 9.17) is 5.26 Å². The standard InChI is InChI=1S/C16H13N3O/c1-12-4-2-7-15(18-12)19-16(20)9-8-13-5-3-6-14(10-13)11-17/h2-10H,1H3,(H,18,19,20)/b9-8-. The second-order valence-corrected chi connectivity index (χ2v) is 4.22. The lowest BCUT2D eigenvalue weighted by Gasteiger charge is -2.01. The first kappa shape index (κ1) is 13.5. The van der Waals surface area contributed by atoms with Crippen LogP contribution in [0.5, 0.6) is 0 Å². The van der Waals surface area contributed by atoms with Crippen molar-refractivity contribution < 1.29 is 4.79 Å². The van der Waals surface area contributed by atoms with Gasteiger partial charge in [0.05, 0.1) is 11.6 Å². The van der Waals surface area contributed by atoms with Crippen LogP contribution < -0.4 is 5.32 Å². The van der Waals surface area contributed by atoms with Crippen molar-refractivity contribution in [3.05, 3.63) is 65.4 Å². The molecule has 0 atom stereocenters. The molecule has 2 rings (SSSR count). The molecule has 0 saturated carbocycles. The van der Waals surface area contributed by atoms with Gasteiger partial charge in [0.15, 0.2) is 0 Å². The maximum absolute atomic E-state index is 11.7. The molecular weight excluding hydrogens is 250 g/mol. The highest BCUT2D eigenvalue weighted by molar-refractivity contribution is 6.01. The topological polar surface area (TPSA) is 65.8 Å². The summed E-state index contributed by atoms with van der Waals surface area (Å²) in [5.74, 6) is 0.260. The number of anilines is 1. The molecule has 0 aliphatic carbocycles. The van der Waals surface area contributed by atoms with E-state index in [0.717, 1.165) is 11.3 Å². The first-order chi connectivity index (χ1) is 9.67. The molecule has 0 aliphatic rings. The van der Waals surface area contributed by atoms with Crippen LogP contribution in [0.1, 0.15) is 16.8 Å². The molecule has 0 unspecified atom stereocenters. The molecule has 0 radical (unpaired) electrons. The number of nitriles is 1. The number of hydrogen-bond donors (Lipinski definition) is 1. The van der Waals surface area contributed by atoms with Gasteiger partial charge < -0.3 is 5.32 Å². The van der Waals surface area contributed by atoms with Crippen LogP contribution in [0.3, 0.4) is 0 Å². The number of aromatic nitrogens is 1. The third-order valence-corrected chi connectivity index (χ3v) is 2.58. The normalized spacial score (nSPS) is 10.2. The van der Waals surface area contributed by atoms with Crippen molar-refractivity contribution in [2.75, 3.05) is 5.32 Å². The first-order valence-corrected chi connectivity index (χ1v) is 6.10. The number of nitrogens with zero attached hydrogens (tertiary/aromatic N) is 2. The van der Waals surface area contributed by atoms with E-state index in [9.17, 15) is 4.79 Å². The Morgan fingerprint density at radius 3 is 2.85 bits per heavy atom. The second-order valence-electron chi connectivity index (χ2n) is 4.22. The minimum absolute atomic E-state index is 0.259. The van der Waals surface area contributed by atoms with Crippen LogP contribution in [-0.2, 0) is 4.79 Å². The van der Waals surface area contributed by atoms with Crippen molar-refractivity contribution in [2.24, 2.45) is 0 Å². The van der Waals surface area contributed by atoms with E-state index in [0.29, 0.717) is 11.4 Å². The third-order valence-electron chi connectivity index (χ3n) is 2.58. The van der Waals surface area contributed by atoms with Gasteiger partial charge in [0.1, 0.15) is 5.82 Å². The average molecular weight is 263 g/mol. The molecule has 1 heterocycles. The highest BCUT2D eigenvalue weighted by atomic mass is 16.1. The van der Waals surface area contributed by atoms with E-state index in [1.54, 1.807) is 30.3 Å². The summed E-state index contributed by atoms with van der Waals surface area (Å²) < 4.78 is 0. The molecule has 1 N–H and O–H groups in total. The van der Waals surface area contributed by atoms with Crippen LogP contribution in [0.15, 0.2) is 48.5 Å². The lowest BCUT2D eigenvalue weighted by molar-refractivity contribution is -0.111. The number of hydrogen-bond acceptors (Lipinski definition) is 3. The van der Waals surface area contributed by atoms with Crippen LogP contribution in [0.4, 0.5) is 5.82 Å². The SMILES string of the molecule is Cc1cccc(NC(=O)/C=C\c2cccc(C#N)c2)n1. The highest BCUT2D eigenvalue weighted by Crippen LogP contribution is 2.07. The zero-order valence-electron chi connectivity index (χ0n) is 11.0. The van der Waals surface area contributed by atoms with Crippen LogP contribution in [0, 0.1) is 18.3 Å².